The lowest BCUT2D eigenvalue weighted by atomic mass is 9.94. The third-order valence-electron chi connectivity index (χ3n) is 9.73. The van der Waals surface area contributed by atoms with Gasteiger partial charge in [-0.15, -0.1) is 0 Å². The molecule has 0 aliphatic heterocycles. The maximum absolute atomic E-state index is 6.99. The second-order valence-electron chi connectivity index (χ2n) is 12.8. The van der Waals surface area contributed by atoms with Crippen LogP contribution in [0.3, 0.4) is 0 Å². The van der Waals surface area contributed by atoms with Gasteiger partial charge in [0.2, 0.25) is 0 Å². The lowest BCUT2D eigenvalue weighted by molar-refractivity contribution is 0.674. The monoisotopic (exact) mass is 651 g/mol. The first kappa shape index (κ1) is 29.0. The van der Waals surface area contributed by atoms with Crippen LogP contribution < -0.4 is 0 Å². The van der Waals surface area contributed by atoms with E-state index in [2.05, 4.69) is 140 Å². The third kappa shape index (κ3) is 4.96. The van der Waals surface area contributed by atoms with Gasteiger partial charge in [-0.1, -0.05) is 152 Å². The molecule has 0 bridgehead atoms. The molecule has 0 atom stereocenters. The molecule has 8 aromatic carbocycles. The first-order valence-electron chi connectivity index (χ1n) is 17.1. The van der Waals surface area contributed by atoms with E-state index in [0.717, 1.165) is 71.7 Å². The first-order chi connectivity index (χ1) is 25.3. The third-order valence-corrected chi connectivity index (χ3v) is 9.73. The number of furan rings is 1. The Labute approximate surface area is 294 Å². The van der Waals surface area contributed by atoms with Gasteiger partial charge in [-0.25, -0.2) is 15.0 Å². The highest BCUT2D eigenvalue weighted by atomic mass is 16.3. The molecule has 4 nitrogen and oxygen atoms in total. The Morgan fingerprint density at radius 2 is 0.882 bits per heavy atom. The SMILES string of the molecule is c1ccc(-c2cccc(-c3nc(-c4ccccc4)nc(-c4ccc(-c5cccc6ccccc56)c5oc6c7ccccc7ccc6c45)n3)c2)cc1. The second kappa shape index (κ2) is 11.9. The van der Waals surface area contributed by atoms with Crippen molar-refractivity contribution >= 4 is 43.5 Å². The molecule has 0 unspecified atom stereocenters. The molecule has 2 aromatic heterocycles. The van der Waals surface area contributed by atoms with Crippen molar-refractivity contribution in [1.29, 1.82) is 0 Å². The van der Waals surface area contributed by atoms with Gasteiger partial charge < -0.3 is 4.42 Å². The van der Waals surface area contributed by atoms with Crippen LogP contribution in [0.4, 0.5) is 0 Å². The summed E-state index contributed by atoms with van der Waals surface area (Å²) in [6.45, 7) is 0. The molecule has 10 rings (SSSR count). The van der Waals surface area contributed by atoms with E-state index in [0.29, 0.717) is 17.5 Å². The van der Waals surface area contributed by atoms with Gasteiger partial charge in [0.1, 0.15) is 11.2 Å². The summed E-state index contributed by atoms with van der Waals surface area (Å²) in [5, 5.41) is 6.56. The zero-order valence-electron chi connectivity index (χ0n) is 27.5. The number of nitrogens with zero attached hydrogens (tertiary/aromatic N) is 3. The molecule has 0 spiro atoms. The Hall–Kier alpha value is -6.91. The number of rotatable bonds is 5. The van der Waals surface area contributed by atoms with E-state index >= 15 is 0 Å². The van der Waals surface area contributed by atoms with Crippen molar-refractivity contribution in [3.63, 3.8) is 0 Å². The predicted molar refractivity (Wildman–Crippen MR) is 209 cm³/mol. The second-order valence-corrected chi connectivity index (χ2v) is 12.8. The van der Waals surface area contributed by atoms with E-state index < -0.39 is 0 Å². The van der Waals surface area contributed by atoms with Gasteiger partial charge in [-0.3, -0.25) is 0 Å². The molecule has 0 amide bonds. The quantitative estimate of drug-likeness (QED) is 0.186. The van der Waals surface area contributed by atoms with E-state index in [4.69, 9.17) is 19.4 Å². The van der Waals surface area contributed by atoms with Crippen molar-refractivity contribution in [3.05, 3.63) is 176 Å². The van der Waals surface area contributed by atoms with Crippen LogP contribution in [0.15, 0.2) is 180 Å². The lowest BCUT2D eigenvalue weighted by Gasteiger charge is -2.12. The van der Waals surface area contributed by atoms with Gasteiger partial charge in [0, 0.05) is 38.4 Å². The summed E-state index contributed by atoms with van der Waals surface area (Å²) in [5.74, 6) is 1.82. The van der Waals surface area contributed by atoms with Crippen molar-refractivity contribution in [1.82, 2.24) is 15.0 Å². The van der Waals surface area contributed by atoms with Crippen LogP contribution in [0.1, 0.15) is 0 Å². The highest BCUT2D eigenvalue weighted by Crippen LogP contribution is 2.44. The Balaban J connectivity index is 1.27. The minimum absolute atomic E-state index is 0.592. The molecular formula is C47H29N3O. The van der Waals surface area contributed by atoms with Crippen molar-refractivity contribution in [3.8, 4) is 56.4 Å². The molecule has 0 saturated carbocycles. The minimum atomic E-state index is 0.592. The molecule has 0 N–H and O–H groups in total. The molecule has 0 radical (unpaired) electrons. The summed E-state index contributed by atoms with van der Waals surface area (Å²) in [4.78, 5) is 15.4. The van der Waals surface area contributed by atoms with E-state index in [1.165, 1.54) is 10.8 Å². The molecule has 238 valence electrons. The summed E-state index contributed by atoms with van der Waals surface area (Å²) in [6, 6.07) is 60.9. The van der Waals surface area contributed by atoms with Gasteiger partial charge in [0.25, 0.3) is 0 Å². The van der Waals surface area contributed by atoms with Crippen LogP contribution in [0, 0.1) is 0 Å². The summed E-state index contributed by atoms with van der Waals surface area (Å²) < 4.78 is 6.99. The Morgan fingerprint density at radius 3 is 1.69 bits per heavy atom. The molecule has 0 aliphatic rings. The molecule has 51 heavy (non-hydrogen) atoms. The van der Waals surface area contributed by atoms with E-state index in [-0.39, 0.29) is 0 Å². The number of aromatic nitrogens is 3. The van der Waals surface area contributed by atoms with Crippen LogP contribution in [0.2, 0.25) is 0 Å². The van der Waals surface area contributed by atoms with Gasteiger partial charge in [0.15, 0.2) is 17.5 Å². The van der Waals surface area contributed by atoms with Gasteiger partial charge in [-0.2, -0.15) is 0 Å². The molecular weight excluding hydrogens is 623 g/mol. The van der Waals surface area contributed by atoms with Crippen molar-refractivity contribution in [2.75, 3.05) is 0 Å². The first-order valence-corrected chi connectivity index (χ1v) is 17.1. The van der Waals surface area contributed by atoms with Crippen molar-refractivity contribution < 1.29 is 4.42 Å². The predicted octanol–water partition coefficient (Wildman–Crippen LogP) is 12.4. The Morgan fingerprint density at radius 1 is 0.314 bits per heavy atom. The van der Waals surface area contributed by atoms with Crippen LogP contribution in [0.5, 0.6) is 0 Å². The molecule has 0 fully saturated rings. The summed E-state index contributed by atoms with van der Waals surface area (Å²) in [7, 11) is 0. The number of fused-ring (bicyclic) bond motifs is 6. The summed E-state index contributed by atoms with van der Waals surface area (Å²) in [6.07, 6.45) is 0. The molecule has 0 saturated heterocycles. The zero-order chi connectivity index (χ0) is 33.7. The van der Waals surface area contributed by atoms with Crippen LogP contribution in [-0.4, -0.2) is 15.0 Å². The number of hydrogen-bond donors (Lipinski definition) is 0. The van der Waals surface area contributed by atoms with Crippen LogP contribution in [0.25, 0.3) is 99.9 Å². The topological polar surface area (TPSA) is 51.8 Å². The zero-order valence-corrected chi connectivity index (χ0v) is 27.5. The van der Waals surface area contributed by atoms with Crippen molar-refractivity contribution in [2.45, 2.75) is 0 Å². The average molecular weight is 652 g/mol. The fourth-order valence-electron chi connectivity index (χ4n) is 7.28. The highest BCUT2D eigenvalue weighted by molar-refractivity contribution is 6.22. The Kier molecular flexibility index (Phi) is 6.78. The fraction of sp³-hybridized carbons (Fsp3) is 0. The van der Waals surface area contributed by atoms with Gasteiger partial charge in [-0.05, 0) is 57.1 Å². The number of benzene rings is 8. The molecule has 0 aliphatic carbocycles. The van der Waals surface area contributed by atoms with E-state index in [9.17, 15) is 0 Å². The maximum atomic E-state index is 6.99. The average Bonchev–Trinajstić information content (AvgIpc) is 3.61. The summed E-state index contributed by atoms with van der Waals surface area (Å²) >= 11 is 0. The minimum Gasteiger partial charge on any atom is -0.455 e. The maximum Gasteiger partial charge on any atom is 0.164 e. The van der Waals surface area contributed by atoms with Gasteiger partial charge in [0.05, 0.1) is 0 Å². The van der Waals surface area contributed by atoms with Crippen LogP contribution in [-0.2, 0) is 0 Å². The largest absolute Gasteiger partial charge is 0.455 e. The standard InChI is InChI=1S/C47H29N3O/c1-3-13-30(14-4-1)34-20-11-21-35(29-34)46-48-45(33-17-5-2-6-18-33)49-47(50-46)41-28-27-39(38-24-12-19-31-15-7-9-22-36(31)38)44-42(41)40-26-25-32-16-8-10-23-37(32)43(40)51-44/h1-29H. The molecule has 10 aromatic rings. The van der Waals surface area contributed by atoms with Crippen LogP contribution >= 0.6 is 0 Å². The normalized spacial score (nSPS) is 11.5. The van der Waals surface area contributed by atoms with E-state index in [1.807, 2.05) is 36.4 Å². The van der Waals surface area contributed by atoms with Crippen molar-refractivity contribution in [2.24, 2.45) is 0 Å². The lowest BCUT2D eigenvalue weighted by Crippen LogP contribution is -2.00. The highest BCUT2D eigenvalue weighted by Gasteiger charge is 2.22. The summed E-state index contributed by atoms with van der Waals surface area (Å²) in [5.41, 5.74) is 8.78. The number of hydrogen-bond acceptors (Lipinski definition) is 4. The van der Waals surface area contributed by atoms with Gasteiger partial charge >= 0.3 is 0 Å². The molecule has 4 heteroatoms. The van der Waals surface area contributed by atoms with E-state index in [1.54, 1.807) is 0 Å². The fourth-order valence-corrected chi connectivity index (χ4v) is 7.28. The molecule has 2 heterocycles. The smallest absolute Gasteiger partial charge is 0.164 e. The Bertz CT molecular complexity index is 2910.